The molecule has 0 atom stereocenters. The smallest absolute Gasteiger partial charge is 0.308 e. The predicted octanol–water partition coefficient (Wildman–Crippen LogP) is 2.43. The molecule has 1 aliphatic heterocycles. The molecular weight excluding hydrogens is 414 g/mol. The van der Waals surface area contributed by atoms with Crippen molar-refractivity contribution in [3.63, 3.8) is 0 Å². The predicted molar refractivity (Wildman–Crippen MR) is 110 cm³/mol. The summed E-state index contributed by atoms with van der Waals surface area (Å²) in [6, 6.07) is 10.9. The number of amides is 2. The third kappa shape index (κ3) is 3.14. The highest BCUT2D eigenvalue weighted by Gasteiger charge is 2.41. The number of rotatable bonds is 4. The van der Waals surface area contributed by atoms with E-state index in [2.05, 4.69) is 5.32 Å². The average Bonchev–Trinajstić information content (AvgIpc) is 3.08. The van der Waals surface area contributed by atoms with Crippen molar-refractivity contribution in [1.82, 2.24) is 8.87 Å². The number of anilines is 1. The van der Waals surface area contributed by atoms with E-state index in [1.54, 1.807) is 28.8 Å². The van der Waals surface area contributed by atoms with Crippen molar-refractivity contribution >= 4 is 49.1 Å². The third-order valence-corrected chi connectivity index (χ3v) is 7.32. The van der Waals surface area contributed by atoms with Gasteiger partial charge in [-0.1, -0.05) is 23.5 Å². The van der Waals surface area contributed by atoms with Crippen molar-refractivity contribution in [2.45, 2.75) is 24.8 Å². The molecule has 0 spiro atoms. The first kappa shape index (κ1) is 19.3. The molecule has 0 saturated heterocycles. The molecule has 0 fully saturated rings. The Bertz CT molecular complexity index is 1320. The molecule has 8 nitrogen and oxygen atoms in total. The Kier molecular flexibility index (Phi) is 4.55. The fraction of sp³-hybridized carbons (Fsp3) is 0.211. The van der Waals surface area contributed by atoms with E-state index in [1.165, 1.54) is 18.2 Å². The number of hydrogen-bond acceptors (Lipinski definition) is 6. The molecule has 0 bridgehead atoms. The van der Waals surface area contributed by atoms with Crippen LogP contribution in [0.25, 0.3) is 10.2 Å². The molecule has 10 heteroatoms. The SMILES string of the molecule is CC(C)n1c(=O)sc2cc(NC(=O)CN3C(=O)c4ccccc4S3(=O)=O)ccc21. The van der Waals surface area contributed by atoms with Gasteiger partial charge in [-0.25, -0.2) is 12.7 Å². The molecule has 0 radical (unpaired) electrons. The van der Waals surface area contributed by atoms with Gasteiger partial charge in [0.15, 0.2) is 0 Å². The second-order valence-electron chi connectivity index (χ2n) is 6.88. The first-order chi connectivity index (χ1) is 13.7. The Balaban J connectivity index is 1.57. The minimum Gasteiger partial charge on any atom is -0.324 e. The number of carbonyl (C=O) groups is 2. The molecule has 150 valence electrons. The van der Waals surface area contributed by atoms with E-state index in [1.807, 2.05) is 13.8 Å². The van der Waals surface area contributed by atoms with Crippen LogP contribution < -0.4 is 10.2 Å². The number of hydrogen-bond donors (Lipinski definition) is 1. The van der Waals surface area contributed by atoms with Crippen LogP contribution in [0.4, 0.5) is 5.69 Å². The molecule has 2 aromatic carbocycles. The Morgan fingerprint density at radius 1 is 1.14 bits per heavy atom. The van der Waals surface area contributed by atoms with Gasteiger partial charge in [-0.15, -0.1) is 0 Å². The highest BCUT2D eigenvalue weighted by molar-refractivity contribution is 7.90. The number of sulfonamides is 1. The van der Waals surface area contributed by atoms with Crippen LogP contribution in [0.3, 0.4) is 0 Å². The molecule has 1 N–H and O–H groups in total. The molecule has 0 unspecified atom stereocenters. The summed E-state index contributed by atoms with van der Waals surface area (Å²) in [7, 11) is -4.05. The summed E-state index contributed by atoms with van der Waals surface area (Å²) in [5.74, 6) is -1.37. The average molecular weight is 431 g/mol. The van der Waals surface area contributed by atoms with E-state index >= 15 is 0 Å². The molecule has 0 saturated carbocycles. The Labute approximate surface area is 170 Å². The van der Waals surface area contributed by atoms with E-state index in [-0.39, 0.29) is 21.4 Å². The lowest BCUT2D eigenvalue weighted by Crippen LogP contribution is -2.37. The van der Waals surface area contributed by atoms with Crippen molar-refractivity contribution < 1.29 is 18.0 Å². The van der Waals surface area contributed by atoms with E-state index in [9.17, 15) is 22.8 Å². The Morgan fingerprint density at radius 2 is 1.86 bits per heavy atom. The molecule has 3 aromatic rings. The van der Waals surface area contributed by atoms with E-state index in [4.69, 9.17) is 0 Å². The van der Waals surface area contributed by atoms with Crippen molar-refractivity contribution in [3.05, 3.63) is 57.7 Å². The number of thiazole rings is 1. The highest BCUT2D eigenvalue weighted by Crippen LogP contribution is 2.30. The monoisotopic (exact) mass is 431 g/mol. The topological polar surface area (TPSA) is 106 Å². The van der Waals surface area contributed by atoms with Crippen LogP contribution in [-0.4, -0.2) is 35.6 Å². The summed E-state index contributed by atoms with van der Waals surface area (Å²) in [4.78, 5) is 36.8. The lowest BCUT2D eigenvalue weighted by Gasteiger charge is -2.15. The zero-order valence-electron chi connectivity index (χ0n) is 15.6. The third-order valence-electron chi connectivity index (χ3n) is 4.61. The largest absolute Gasteiger partial charge is 0.324 e. The van der Waals surface area contributed by atoms with Crippen molar-refractivity contribution in [2.24, 2.45) is 0 Å². The number of benzene rings is 2. The quantitative estimate of drug-likeness (QED) is 0.683. The second kappa shape index (κ2) is 6.82. The summed E-state index contributed by atoms with van der Waals surface area (Å²) < 4.78 is 28.0. The summed E-state index contributed by atoms with van der Waals surface area (Å²) in [5, 5.41) is 2.60. The molecular formula is C19H17N3O5S2. The van der Waals surface area contributed by atoms with Crippen LogP contribution in [0.5, 0.6) is 0 Å². The normalized spacial score (nSPS) is 15.1. The van der Waals surface area contributed by atoms with Crippen LogP contribution >= 0.6 is 11.3 Å². The van der Waals surface area contributed by atoms with Crippen LogP contribution in [0, 0.1) is 0 Å². The summed E-state index contributed by atoms with van der Waals surface area (Å²) >= 11 is 1.07. The minimum absolute atomic E-state index is 0.00436. The van der Waals surface area contributed by atoms with Gasteiger partial charge in [0.1, 0.15) is 11.4 Å². The van der Waals surface area contributed by atoms with Crippen LogP contribution in [-0.2, 0) is 14.8 Å². The van der Waals surface area contributed by atoms with Gasteiger partial charge in [-0.05, 0) is 44.2 Å². The standard InChI is InChI=1S/C19H17N3O5S2/c1-11(2)22-14-8-7-12(9-15(14)28-19(22)25)20-17(23)10-21-18(24)13-5-3-4-6-16(13)29(21,26)27/h3-9,11H,10H2,1-2H3,(H,20,23). The first-order valence-electron chi connectivity index (χ1n) is 8.81. The Hall–Kier alpha value is -2.98. The van der Waals surface area contributed by atoms with Gasteiger partial charge in [0, 0.05) is 11.7 Å². The number of fused-ring (bicyclic) bond motifs is 2. The fourth-order valence-corrected chi connectivity index (χ4v) is 5.90. The fourth-order valence-electron chi connectivity index (χ4n) is 3.32. The van der Waals surface area contributed by atoms with Gasteiger partial charge in [-0.2, -0.15) is 0 Å². The van der Waals surface area contributed by atoms with Gasteiger partial charge in [0.2, 0.25) is 5.91 Å². The summed E-state index contributed by atoms with van der Waals surface area (Å²) in [6.45, 7) is 3.20. The number of carbonyl (C=O) groups excluding carboxylic acids is 2. The van der Waals surface area contributed by atoms with Gasteiger partial charge in [0.05, 0.1) is 15.8 Å². The molecule has 1 aromatic heterocycles. The van der Waals surface area contributed by atoms with E-state index in [0.29, 0.717) is 14.7 Å². The highest BCUT2D eigenvalue weighted by atomic mass is 32.2. The van der Waals surface area contributed by atoms with Crippen molar-refractivity contribution in [3.8, 4) is 0 Å². The number of nitrogens with one attached hydrogen (secondary N) is 1. The van der Waals surface area contributed by atoms with Gasteiger partial charge < -0.3 is 5.32 Å². The van der Waals surface area contributed by atoms with Crippen LogP contribution in [0.2, 0.25) is 0 Å². The summed E-state index contributed by atoms with van der Waals surface area (Å²) in [5.41, 5.74) is 1.24. The lowest BCUT2D eigenvalue weighted by molar-refractivity contribution is -0.116. The van der Waals surface area contributed by atoms with Gasteiger partial charge in [-0.3, -0.25) is 19.0 Å². The zero-order chi connectivity index (χ0) is 20.9. The lowest BCUT2D eigenvalue weighted by atomic mass is 10.2. The van der Waals surface area contributed by atoms with Crippen LogP contribution in [0.1, 0.15) is 30.2 Å². The molecule has 29 heavy (non-hydrogen) atoms. The second-order valence-corrected chi connectivity index (χ2v) is 9.70. The van der Waals surface area contributed by atoms with E-state index in [0.717, 1.165) is 16.9 Å². The zero-order valence-corrected chi connectivity index (χ0v) is 17.2. The Morgan fingerprint density at radius 3 is 2.55 bits per heavy atom. The summed E-state index contributed by atoms with van der Waals surface area (Å²) in [6.07, 6.45) is 0. The first-order valence-corrected chi connectivity index (χ1v) is 11.1. The maximum Gasteiger partial charge on any atom is 0.308 e. The van der Waals surface area contributed by atoms with Crippen molar-refractivity contribution in [1.29, 1.82) is 0 Å². The van der Waals surface area contributed by atoms with Crippen molar-refractivity contribution in [2.75, 3.05) is 11.9 Å². The van der Waals surface area contributed by atoms with Gasteiger partial charge in [0.25, 0.3) is 15.9 Å². The number of nitrogens with zero attached hydrogens (tertiary/aromatic N) is 2. The molecule has 1 aliphatic rings. The number of aromatic nitrogens is 1. The molecule has 2 heterocycles. The minimum atomic E-state index is -4.05. The van der Waals surface area contributed by atoms with E-state index < -0.39 is 28.4 Å². The molecule has 0 aliphatic carbocycles. The molecule has 2 amide bonds. The van der Waals surface area contributed by atoms with Gasteiger partial charge >= 0.3 is 4.87 Å². The maximum atomic E-state index is 12.6. The molecule has 4 rings (SSSR count). The maximum absolute atomic E-state index is 12.6. The van der Waals surface area contributed by atoms with Crippen LogP contribution in [0.15, 0.2) is 52.2 Å².